The lowest BCUT2D eigenvalue weighted by Crippen LogP contribution is -2.42. The lowest BCUT2D eigenvalue weighted by atomic mass is 9.88. The van der Waals surface area contributed by atoms with Crippen molar-refractivity contribution < 1.29 is 4.74 Å². The Balaban J connectivity index is 1.68. The molecule has 1 N–H and O–H groups in total. The normalized spacial score (nSPS) is 26.4. The Morgan fingerprint density at radius 1 is 1.22 bits per heavy atom. The zero-order valence-electron chi connectivity index (χ0n) is 11.1. The molecule has 3 nitrogen and oxygen atoms in total. The maximum Gasteiger partial charge on any atom is 0.0728 e. The van der Waals surface area contributed by atoms with E-state index in [0.29, 0.717) is 6.04 Å². The molecule has 2 saturated heterocycles. The summed E-state index contributed by atoms with van der Waals surface area (Å²) in [6.45, 7) is 3.06. The second kappa shape index (κ2) is 4.90. The summed E-state index contributed by atoms with van der Waals surface area (Å²) in [5.41, 5.74) is 1.44. The first-order chi connectivity index (χ1) is 8.79. The number of para-hydroxylation sites is 1. The van der Waals surface area contributed by atoms with Crippen molar-refractivity contribution in [3.8, 4) is 0 Å². The van der Waals surface area contributed by atoms with Crippen molar-refractivity contribution in [1.82, 2.24) is 5.32 Å². The zero-order valence-corrected chi connectivity index (χ0v) is 11.1. The SMILES string of the molecule is CN(c1ccccc1)[C@@H]1COC2(CCNCC2)C1. The quantitative estimate of drug-likeness (QED) is 0.864. The van der Waals surface area contributed by atoms with Gasteiger partial charge in [-0.1, -0.05) is 18.2 Å². The Hall–Kier alpha value is -1.06. The van der Waals surface area contributed by atoms with E-state index in [1.807, 2.05) is 0 Å². The van der Waals surface area contributed by atoms with Crippen molar-refractivity contribution in [3.05, 3.63) is 30.3 Å². The molecule has 1 spiro atoms. The highest BCUT2D eigenvalue weighted by Gasteiger charge is 2.42. The third-order valence-electron chi connectivity index (χ3n) is 4.42. The van der Waals surface area contributed by atoms with Crippen molar-refractivity contribution in [2.24, 2.45) is 0 Å². The Morgan fingerprint density at radius 2 is 1.94 bits per heavy atom. The fourth-order valence-corrected chi connectivity index (χ4v) is 3.17. The average Bonchev–Trinajstić information content (AvgIpc) is 2.83. The molecule has 3 heteroatoms. The lowest BCUT2D eigenvalue weighted by Gasteiger charge is -2.33. The van der Waals surface area contributed by atoms with Crippen LogP contribution in [0.5, 0.6) is 0 Å². The number of rotatable bonds is 2. The third-order valence-corrected chi connectivity index (χ3v) is 4.42. The van der Waals surface area contributed by atoms with Crippen molar-refractivity contribution in [2.75, 3.05) is 31.6 Å². The number of hydrogen-bond acceptors (Lipinski definition) is 3. The van der Waals surface area contributed by atoms with Crippen LogP contribution in [0.4, 0.5) is 5.69 Å². The van der Waals surface area contributed by atoms with Crippen LogP contribution in [-0.2, 0) is 4.74 Å². The van der Waals surface area contributed by atoms with Gasteiger partial charge in [0, 0.05) is 12.7 Å². The number of nitrogens with one attached hydrogen (secondary N) is 1. The predicted octanol–water partition coefficient (Wildman–Crippen LogP) is 2.03. The van der Waals surface area contributed by atoms with Gasteiger partial charge in [-0.3, -0.25) is 0 Å². The number of nitrogens with zero attached hydrogens (tertiary/aromatic N) is 1. The molecule has 2 heterocycles. The molecule has 0 radical (unpaired) electrons. The van der Waals surface area contributed by atoms with Gasteiger partial charge in [0.25, 0.3) is 0 Å². The molecular weight excluding hydrogens is 224 g/mol. The smallest absolute Gasteiger partial charge is 0.0728 e. The molecule has 0 unspecified atom stereocenters. The first-order valence-electron chi connectivity index (χ1n) is 6.92. The van der Waals surface area contributed by atoms with Gasteiger partial charge in [0.2, 0.25) is 0 Å². The van der Waals surface area contributed by atoms with E-state index < -0.39 is 0 Å². The maximum atomic E-state index is 6.15. The molecule has 18 heavy (non-hydrogen) atoms. The monoisotopic (exact) mass is 246 g/mol. The Kier molecular flexibility index (Phi) is 3.27. The Labute approximate surface area is 109 Å². The number of likely N-dealkylation sites (N-methyl/N-ethyl adjacent to an activating group) is 1. The topological polar surface area (TPSA) is 24.5 Å². The second-order valence-corrected chi connectivity index (χ2v) is 5.55. The van der Waals surface area contributed by atoms with Gasteiger partial charge in [-0.2, -0.15) is 0 Å². The molecule has 1 aromatic carbocycles. The van der Waals surface area contributed by atoms with Crippen molar-refractivity contribution >= 4 is 5.69 Å². The highest BCUT2D eigenvalue weighted by atomic mass is 16.5. The van der Waals surface area contributed by atoms with Crippen LogP contribution in [0.25, 0.3) is 0 Å². The van der Waals surface area contributed by atoms with Gasteiger partial charge in [0.15, 0.2) is 0 Å². The third kappa shape index (κ3) is 2.25. The summed E-state index contributed by atoms with van der Waals surface area (Å²) in [5, 5.41) is 3.42. The van der Waals surface area contributed by atoms with Crippen LogP contribution < -0.4 is 10.2 Å². The van der Waals surface area contributed by atoms with E-state index in [4.69, 9.17) is 4.74 Å². The van der Waals surface area contributed by atoms with E-state index >= 15 is 0 Å². The van der Waals surface area contributed by atoms with Gasteiger partial charge in [0.1, 0.15) is 0 Å². The zero-order chi connectivity index (χ0) is 12.4. The van der Waals surface area contributed by atoms with E-state index in [2.05, 4.69) is 47.6 Å². The molecule has 1 atom stereocenters. The van der Waals surface area contributed by atoms with Gasteiger partial charge < -0.3 is 15.0 Å². The van der Waals surface area contributed by atoms with E-state index in [1.54, 1.807) is 0 Å². The molecule has 0 bridgehead atoms. The molecule has 2 aliphatic heterocycles. The van der Waals surface area contributed by atoms with Gasteiger partial charge >= 0.3 is 0 Å². The lowest BCUT2D eigenvalue weighted by molar-refractivity contribution is -0.0192. The standard InChI is InChI=1S/C15H22N2O/c1-17(13-5-3-2-4-6-13)14-11-15(18-12-14)7-9-16-10-8-15/h2-6,14,16H,7-12H2,1H3/t14-/m0/s1. The van der Waals surface area contributed by atoms with Crippen LogP contribution in [0.2, 0.25) is 0 Å². The summed E-state index contributed by atoms with van der Waals surface area (Å²) in [5.74, 6) is 0. The molecule has 3 rings (SSSR count). The number of ether oxygens (including phenoxy) is 1. The van der Waals surface area contributed by atoms with E-state index in [0.717, 1.165) is 32.5 Å². The first kappa shape index (κ1) is 12.0. The molecule has 2 aliphatic rings. The number of piperidine rings is 1. The minimum atomic E-state index is 0.152. The molecule has 0 saturated carbocycles. The molecule has 0 aliphatic carbocycles. The van der Waals surface area contributed by atoms with Gasteiger partial charge in [-0.05, 0) is 44.5 Å². The van der Waals surface area contributed by atoms with Crippen LogP contribution in [0.1, 0.15) is 19.3 Å². The fraction of sp³-hybridized carbons (Fsp3) is 0.600. The molecule has 0 amide bonds. The first-order valence-corrected chi connectivity index (χ1v) is 6.92. The largest absolute Gasteiger partial charge is 0.373 e. The summed E-state index contributed by atoms with van der Waals surface area (Å²) in [6.07, 6.45) is 3.48. The highest BCUT2D eigenvalue weighted by Crippen LogP contribution is 2.36. The predicted molar refractivity (Wildman–Crippen MR) is 74.0 cm³/mol. The van der Waals surface area contributed by atoms with E-state index in [9.17, 15) is 0 Å². The molecule has 1 aromatic rings. The average molecular weight is 246 g/mol. The molecular formula is C15H22N2O. The number of benzene rings is 1. The Morgan fingerprint density at radius 3 is 2.67 bits per heavy atom. The van der Waals surface area contributed by atoms with Crippen LogP contribution in [0.3, 0.4) is 0 Å². The minimum Gasteiger partial charge on any atom is -0.373 e. The summed E-state index contributed by atoms with van der Waals surface area (Å²) in [6, 6.07) is 11.1. The van der Waals surface area contributed by atoms with Crippen molar-refractivity contribution in [3.63, 3.8) is 0 Å². The van der Waals surface area contributed by atoms with Crippen molar-refractivity contribution in [1.29, 1.82) is 0 Å². The van der Waals surface area contributed by atoms with Crippen LogP contribution in [0, 0.1) is 0 Å². The summed E-state index contributed by atoms with van der Waals surface area (Å²) in [7, 11) is 2.18. The highest BCUT2D eigenvalue weighted by molar-refractivity contribution is 5.46. The van der Waals surface area contributed by atoms with Gasteiger partial charge in [-0.15, -0.1) is 0 Å². The number of hydrogen-bond donors (Lipinski definition) is 1. The van der Waals surface area contributed by atoms with E-state index in [1.165, 1.54) is 12.1 Å². The van der Waals surface area contributed by atoms with Crippen LogP contribution >= 0.6 is 0 Å². The van der Waals surface area contributed by atoms with Gasteiger partial charge in [-0.25, -0.2) is 0 Å². The van der Waals surface area contributed by atoms with Gasteiger partial charge in [0.05, 0.1) is 18.2 Å². The van der Waals surface area contributed by atoms with E-state index in [-0.39, 0.29) is 5.60 Å². The summed E-state index contributed by atoms with van der Waals surface area (Å²) < 4.78 is 6.15. The fourth-order valence-electron chi connectivity index (χ4n) is 3.17. The van der Waals surface area contributed by atoms with Crippen LogP contribution in [0.15, 0.2) is 30.3 Å². The summed E-state index contributed by atoms with van der Waals surface area (Å²) in [4.78, 5) is 2.37. The minimum absolute atomic E-state index is 0.152. The maximum absolute atomic E-state index is 6.15. The number of anilines is 1. The molecule has 2 fully saturated rings. The van der Waals surface area contributed by atoms with Crippen molar-refractivity contribution in [2.45, 2.75) is 30.9 Å². The van der Waals surface area contributed by atoms with Crippen LogP contribution in [-0.4, -0.2) is 38.4 Å². The molecule has 0 aromatic heterocycles. The second-order valence-electron chi connectivity index (χ2n) is 5.55. The molecule has 98 valence electrons. The summed E-state index contributed by atoms with van der Waals surface area (Å²) >= 11 is 0. The Bertz CT molecular complexity index is 387.